The number of rotatable bonds is 3. The van der Waals surface area contributed by atoms with Crippen molar-refractivity contribution < 1.29 is 9.18 Å². The molecule has 0 saturated heterocycles. The molecule has 3 heteroatoms. The summed E-state index contributed by atoms with van der Waals surface area (Å²) in [5.74, 6) is -0.857. The van der Waals surface area contributed by atoms with Gasteiger partial charge in [-0.25, -0.2) is 4.39 Å². The molecule has 0 N–H and O–H groups in total. The number of aryl methyl sites for hydroxylation is 2. The summed E-state index contributed by atoms with van der Waals surface area (Å²) in [4.78, 5) is 15.7. The highest BCUT2D eigenvalue weighted by molar-refractivity contribution is 5.95. The zero-order valence-electron chi connectivity index (χ0n) is 10.4. The molecule has 2 nitrogen and oxygen atoms in total. The first kappa shape index (κ1) is 12.4. The lowest BCUT2D eigenvalue weighted by Gasteiger charge is -2.05. The molecule has 0 aliphatic carbocycles. The van der Waals surface area contributed by atoms with Crippen LogP contribution in [0.4, 0.5) is 4.39 Å². The van der Waals surface area contributed by atoms with Crippen LogP contribution in [0.3, 0.4) is 0 Å². The summed E-state index contributed by atoms with van der Waals surface area (Å²) in [6, 6.07) is 8.64. The minimum Gasteiger partial charge on any atom is -0.292 e. The Kier molecular flexibility index (Phi) is 3.51. The molecule has 0 aliphatic heterocycles. The van der Waals surface area contributed by atoms with Gasteiger partial charge in [0.2, 0.25) is 0 Å². The van der Waals surface area contributed by atoms with Crippen molar-refractivity contribution >= 4 is 5.78 Å². The number of ketones is 1. The van der Waals surface area contributed by atoms with Crippen molar-refractivity contribution in [2.75, 3.05) is 0 Å². The van der Waals surface area contributed by atoms with Gasteiger partial charge in [0.1, 0.15) is 5.69 Å². The Morgan fingerprint density at radius 2 is 1.89 bits per heavy atom. The van der Waals surface area contributed by atoms with Crippen molar-refractivity contribution in [1.29, 1.82) is 0 Å². The van der Waals surface area contributed by atoms with Gasteiger partial charge in [-0.05, 0) is 31.5 Å². The van der Waals surface area contributed by atoms with Gasteiger partial charge in [0.15, 0.2) is 11.6 Å². The Hall–Kier alpha value is -2.03. The molecule has 0 spiro atoms. The van der Waals surface area contributed by atoms with E-state index in [0.717, 1.165) is 16.7 Å². The number of carbonyl (C=O) groups excluding carboxylic acids is 1. The molecule has 0 aliphatic rings. The van der Waals surface area contributed by atoms with Gasteiger partial charge in [-0.15, -0.1) is 0 Å². The molecule has 92 valence electrons. The van der Waals surface area contributed by atoms with Crippen LogP contribution < -0.4 is 0 Å². The van der Waals surface area contributed by atoms with Crippen molar-refractivity contribution in [2.45, 2.75) is 20.3 Å². The minimum absolute atomic E-state index is 0.0864. The number of pyridine rings is 1. The first-order valence-electron chi connectivity index (χ1n) is 5.77. The fraction of sp³-hybridized carbons (Fsp3) is 0.200. The lowest BCUT2D eigenvalue weighted by atomic mass is 10.0. The number of benzene rings is 1. The lowest BCUT2D eigenvalue weighted by Crippen LogP contribution is -2.08. The van der Waals surface area contributed by atoms with Crippen LogP contribution in [0.15, 0.2) is 36.5 Å². The zero-order chi connectivity index (χ0) is 13.1. The van der Waals surface area contributed by atoms with Crippen molar-refractivity contribution in [2.24, 2.45) is 0 Å². The Balaban J connectivity index is 2.24. The van der Waals surface area contributed by atoms with Gasteiger partial charge in [-0.1, -0.05) is 29.3 Å². The second kappa shape index (κ2) is 5.08. The van der Waals surface area contributed by atoms with Crippen LogP contribution in [0.2, 0.25) is 0 Å². The Bertz CT molecular complexity index is 573. The minimum atomic E-state index is -0.563. The highest BCUT2D eigenvalue weighted by Gasteiger charge is 2.13. The number of hydrogen-bond acceptors (Lipinski definition) is 2. The van der Waals surface area contributed by atoms with Crippen LogP contribution in [0.1, 0.15) is 27.2 Å². The second-order valence-corrected chi connectivity index (χ2v) is 4.43. The first-order chi connectivity index (χ1) is 8.56. The van der Waals surface area contributed by atoms with E-state index in [4.69, 9.17) is 0 Å². The van der Waals surface area contributed by atoms with E-state index in [9.17, 15) is 9.18 Å². The molecule has 0 saturated carbocycles. The predicted octanol–water partition coefficient (Wildman–Crippen LogP) is 3.26. The van der Waals surface area contributed by atoms with Gasteiger partial charge in [0.25, 0.3) is 0 Å². The van der Waals surface area contributed by atoms with Gasteiger partial charge in [-0.3, -0.25) is 9.78 Å². The average Bonchev–Trinajstić information content (AvgIpc) is 2.27. The molecule has 2 aromatic rings. The molecule has 0 bridgehead atoms. The van der Waals surface area contributed by atoms with E-state index < -0.39 is 5.82 Å². The van der Waals surface area contributed by atoms with E-state index in [1.807, 2.05) is 32.0 Å². The third-order valence-electron chi connectivity index (χ3n) is 2.67. The smallest absolute Gasteiger partial charge is 0.188 e. The molecule has 0 unspecified atom stereocenters. The normalized spacial score (nSPS) is 10.4. The monoisotopic (exact) mass is 243 g/mol. The van der Waals surface area contributed by atoms with Crippen molar-refractivity contribution in [3.63, 3.8) is 0 Å². The quantitative estimate of drug-likeness (QED) is 0.774. The van der Waals surface area contributed by atoms with Gasteiger partial charge < -0.3 is 0 Å². The number of nitrogens with zero attached hydrogens (tertiary/aromatic N) is 1. The lowest BCUT2D eigenvalue weighted by molar-refractivity contribution is 0.0984. The van der Waals surface area contributed by atoms with Gasteiger partial charge in [0.05, 0.1) is 0 Å². The summed E-state index contributed by atoms with van der Waals surface area (Å²) in [7, 11) is 0. The van der Waals surface area contributed by atoms with Crippen LogP contribution in [-0.2, 0) is 6.42 Å². The molecule has 1 heterocycles. The number of carbonyl (C=O) groups is 1. The topological polar surface area (TPSA) is 30.0 Å². The summed E-state index contributed by atoms with van der Waals surface area (Å²) in [5.41, 5.74) is 3.00. The Labute approximate surface area is 105 Å². The summed E-state index contributed by atoms with van der Waals surface area (Å²) < 4.78 is 13.4. The summed E-state index contributed by atoms with van der Waals surface area (Å²) >= 11 is 0. The predicted molar refractivity (Wildman–Crippen MR) is 68.1 cm³/mol. The van der Waals surface area contributed by atoms with Crippen molar-refractivity contribution in [1.82, 2.24) is 4.98 Å². The number of halogens is 1. The van der Waals surface area contributed by atoms with Crippen LogP contribution in [0.25, 0.3) is 0 Å². The van der Waals surface area contributed by atoms with Crippen LogP contribution in [0, 0.1) is 19.7 Å². The van der Waals surface area contributed by atoms with Gasteiger partial charge >= 0.3 is 0 Å². The SMILES string of the molecule is Cc1cc(C)cc(CC(=O)c2ncccc2F)c1. The maximum Gasteiger partial charge on any atom is 0.188 e. The number of Topliss-reactive ketones (excluding diaryl/α,β-unsaturated/α-hetero) is 1. The Morgan fingerprint density at radius 1 is 1.22 bits per heavy atom. The number of hydrogen-bond donors (Lipinski definition) is 0. The van der Waals surface area contributed by atoms with E-state index in [-0.39, 0.29) is 17.9 Å². The second-order valence-electron chi connectivity index (χ2n) is 4.43. The molecule has 1 aromatic heterocycles. The molecule has 18 heavy (non-hydrogen) atoms. The third kappa shape index (κ3) is 2.80. The van der Waals surface area contributed by atoms with Gasteiger partial charge in [0, 0.05) is 12.6 Å². The number of aromatic nitrogens is 1. The van der Waals surface area contributed by atoms with Crippen molar-refractivity contribution in [3.8, 4) is 0 Å². The van der Waals surface area contributed by atoms with Crippen LogP contribution >= 0.6 is 0 Å². The van der Waals surface area contributed by atoms with Gasteiger partial charge in [-0.2, -0.15) is 0 Å². The van der Waals surface area contributed by atoms with E-state index in [0.29, 0.717) is 0 Å². The fourth-order valence-electron chi connectivity index (χ4n) is 2.03. The highest BCUT2D eigenvalue weighted by Crippen LogP contribution is 2.12. The highest BCUT2D eigenvalue weighted by atomic mass is 19.1. The summed E-state index contributed by atoms with van der Waals surface area (Å²) in [6.45, 7) is 3.95. The average molecular weight is 243 g/mol. The largest absolute Gasteiger partial charge is 0.292 e. The summed E-state index contributed by atoms with van der Waals surface area (Å²) in [5, 5.41) is 0. The van der Waals surface area contributed by atoms with Crippen LogP contribution in [0.5, 0.6) is 0 Å². The standard InChI is InChI=1S/C15H14FNO/c1-10-6-11(2)8-12(7-10)9-14(18)15-13(16)4-3-5-17-15/h3-8H,9H2,1-2H3. The summed E-state index contributed by atoms with van der Waals surface area (Å²) in [6.07, 6.45) is 1.61. The van der Waals surface area contributed by atoms with Crippen LogP contribution in [-0.4, -0.2) is 10.8 Å². The maximum absolute atomic E-state index is 13.4. The molecular formula is C15H14FNO. The molecule has 0 amide bonds. The van der Waals surface area contributed by atoms with E-state index >= 15 is 0 Å². The van der Waals surface area contributed by atoms with E-state index in [1.165, 1.54) is 18.3 Å². The third-order valence-corrected chi connectivity index (χ3v) is 2.67. The van der Waals surface area contributed by atoms with E-state index in [1.54, 1.807) is 0 Å². The fourth-order valence-corrected chi connectivity index (χ4v) is 2.03. The van der Waals surface area contributed by atoms with Crippen molar-refractivity contribution in [3.05, 3.63) is 64.7 Å². The molecular weight excluding hydrogens is 229 g/mol. The molecule has 0 radical (unpaired) electrons. The Morgan fingerprint density at radius 3 is 2.50 bits per heavy atom. The molecule has 2 rings (SSSR count). The zero-order valence-corrected chi connectivity index (χ0v) is 10.4. The molecule has 0 fully saturated rings. The molecule has 1 aromatic carbocycles. The maximum atomic E-state index is 13.4. The first-order valence-corrected chi connectivity index (χ1v) is 5.77. The van der Waals surface area contributed by atoms with E-state index in [2.05, 4.69) is 4.98 Å². The molecule has 0 atom stereocenters.